The van der Waals surface area contributed by atoms with Crippen LogP contribution in [0.25, 0.3) is 5.65 Å². The van der Waals surface area contributed by atoms with E-state index in [1.54, 1.807) is 15.9 Å². The van der Waals surface area contributed by atoms with Gasteiger partial charge in [-0.2, -0.15) is 4.52 Å². The molecule has 1 fully saturated rings. The van der Waals surface area contributed by atoms with Crippen molar-refractivity contribution in [1.82, 2.24) is 30.0 Å². The Morgan fingerprint density at radius 1 is 1.18 bits per heavy atom. The van der Waals surface area contributed by atoms with E-state index in [2.05, 4.69) is 35.7 Å². The minimum Gasteiger partial charge on any atom is -0.360 e. The Bertz CT molecular complexity index is 803. The third-order valence-corrected chi connectivity index (χ3v) is 4.55. The molecule has 0 bridgehead atoms. The highest BCUT2D eigenvalue weighted by Crippen LogP contribution is 2.24. The topological polar surface area (TPSA) is 84.1 Å². The van der Waals surface area contributed by atoms with E-state index < -0.39 is 0 Å². The molecule has 1 N–H and O–H groups in total. The van der Waals surface area contributed by atoms with E-state index in [1.165, 1.54) is 0 Å². The van der Waals surface area contributed by atoms with Crippen LogP contribution in [0.2, 0.25) is 0 Å². The van der Waals surface area contributed by atoms with Gasteiger partial charge in [-0.15, -0.1) is 25.5 Å². The Morgan fingerprint density at radius 3 is 2.82 bits per heavy atom. The molecule has 9 heteroatoms. The van der Waals surface area contributed by atoms with Gasteiger partial charge in [0, 0.05) is 25.6 Å². The molecule has 0 amide bonds. The minimum absolute atomic E-state index is 0.601. The SMILES string of the molecule is Cc1nnc(NCC2CN(c3ccc4nnc(C)n4n3)C2)s1. The van der Waals surface area contributed by atoms with E-state index in [0.717, 1.165) is 47.1 Å². The van der Waals surface area contributed by atoms with Gasteiger partial charge in [0.1, 0.15) is 10.8 Å². The normalized spacial score (nSPS) is 15.3. The van der Waals surface area contributed by atoms with E-state index in [9.17, 15) is 0 Å². The largest absolute Gasteiger partial charge is 0.360 e. The van der Waals surface area contributed by atoms with Crippen molar-refractivity contribution in [1.29, 1.82) is 0 Å². The molecule has 0 atom stereocenters. The first kappa shape index (κ1) is 13.4. The first-order valence-corrected chi connectivity index (χ1v) is 7.99. The summed E-state index contributed by atoms with van der Waals surface area (Å²) >= 11 is 1.59. The molecule has 0 unspecified atom stereocenters. The standard InChI is InChI=1S/C13H16N8S/c1-8-15-17-11-3-4-12(19-21(8)11)20-6-10(7-20)5-14-13-18-16-9(2)22-13/h3-4,10H,5-7H2,1-2H3,(H,14,18). The first-order chi connectivity index (χ1) is 10.7. The smallest absolute Gasteiger partial charge is 0.205 e. The van der Waals surface area contributed by atoms with E-state index in [1.807, 2.05) is 26.0 Å². The Morgan fingerprint density at radius 2 is 2.05 bits per heavy atom. The molecule has 3 aromatic rings. The first-order valence-electron chi connectivity index (χ1n) is 7.17. The summed E-state index contributed by atoms with van der Waals surface area (Å²) in [5.41, 5.74) is 0.784. The lowest BCUT2D eigenvalue weighted by Gasteiger charge is -2.40. The zero-order valence-corrected chi connectivity index (χ0v) is 13.2. The average molecular weight is 316 g/mol. The number of nitrogens with one attached hydrogen (secondary N) is 1. The molecule has 0 spiro atoms. The van der Waals surface area contributed by atoms with Gasteiger partial charge in [0.2, 0.25) is 5.13 Å². The lowest BCUT2D eigenvalue weighted by Crippen LogP contribution is -2.50. The molecule has 22 heavy (non-hydrogen) atoms. The van der Waals surface area contributed by atoms with Gasteiger partial charge >= 0.3 is 0 Å². The van der Waals surface area contributed by atoms with Crippen molar-refractivity contribution in [3.05, 3.63) is 23.0 Å². The van der Waals surface area contributed by atoms with E-state index in [-0.39, 0.29) is 0 Å². The second-order valence-corrected chi connectivity index (χ2v) is 6.67. The summed E-state index contributed by atoms with van der Waals surface area (Å²) in [6.45, 7) is 6.76. The van der Waals surface area contributed by atoms with Gasteiger partial charge in [0.25, 0.3) is 0 Å². The van der Waals surface area contributed by atoms with Crippen molar-refractivity contribution in [2.24, 2.45) is 5.92 Å². The number of rotatable bonds is 4. The summed E-state index contributed by atoms with van der Waals surface area (Å²) in [7, 11) is 0. The maximum Gasteiger partial charge on any atom is 0.205 e. The van der Waals surface area contributed by atoms with Crippen LogP contribution in [-0.2, 0) is 0 Å². The van der Waals surface area contributed by atoms with Crippen LogP contribution in [0.3, 0.4) is 0 Å². The summed E-state index contributed by atoms with van der Waals surface area (Å²) < 4.78 is 1.78. The van der Waals surface area contributed by atoms with Crippen molar-refractivity contribution in [3.63, 3.8) is 0 Å². The molecule has 0 aliphatic carbocycles. The lowest BCUT2D eigenvalue weighted by molar-refractivity contribution is 0.425. The monoisotopic (exact) mass is 316 g/mol. The summed E-state index contributed by atoms with van der Waals surface area (Å²) in [6.07, 6.45) is 0. The fraction of sp³-hybridized carbons (Fsp3) is 0.462. The van der Waals surface area contributed by atoms with Crippen LogP contribution < -0.4 is 10.2 Å². The molecule has 0 aromatic carbocycles. The van der Waals surface area contributed by atoms with E-state index >= 15 is 0 Å². The van der Waals surface area contributed by atoms with Gasteiger partial charge in [-0.1, -0.05) is 11.3 Å². The summed E-state index contributed by atoms with van der Waals surface area (Å²) in [5.74, 6) is 2.38. The number of nitrogens with zero attached hydrogens (tertiary/aromatic N) is 7. The Kier molecular flexibility index (Phi) is 3.14. The fourth-order valence-corrected chi connectivity index (χ4v) is 3.14. The zero-order valence-electron chi connectivity index (χ0n) is 12.4. The van der Waals surface area contributed by atoms with Crippen LogP contribution in [-0.4, -0.2) is 49.6 Å². The molecule has 0 radical (unpaired) electrons. The predicted molar refractivity (Wildman–Crippen MR) is 84.4 cm³/mol. The van der Waals surface area contributed by atoms with Gasteiger partial charge in [0.05, 0.1) is 0 Å². The van der Waals surface area contributed by atoms with E-state index in [0.29, 0.717) is 5.92 Å². The summed E-state index contributed by atoms with van der Waals surface area (Å²) in [5, 5.41) is 26.0. The third-order valence-electron chi connectivity index (χ3n) is 3.75. The molecule has 1 aliphatic rings. The van der Waals surface area contributed by atoms with Gasteiger partial charge < -0.3 is 10.2 Å². The van der Waals surface area contributed by atoms with Crippen LogP contribution >= 0.6 is 11.3 Å². The Balaban J connectivity index is 1.36. The van der Waals surface area contributed by atoms with Gasteiger partial charge in [-0.05, 0) is 26.0 Å². The number of hydrogen-bond donors (Lipinski definition) is 1. The predicted octanol–water partition coefficient (Wildman–Crippen LogP) is 1.14. The van der Waals surface area contributed by atoms with Crippen molar-refractivity contribution >= 4 is 27.9 Å². The lowest BCUT2D eigenvalue weighted by atomic mass is 10.0. The average Bonchev–Trinajstić information content (AvgIpc) is 3.04. The molecular weight excluding hydrogens is 300 g/mol. The molecular formula is C13H16N8S. The van der Waals surface area contributed by atoms with Gasteiger partial charge in [-0.3, -0.25) is 0 Å². The Hall–Kier alpha value is -2.29. The molecule has 4 heterocycles. The highest BCUT2D eigenvalue weighted by Gasteiger charge is 2.28. The van der Waals surface area contributed by atoms with Crippen LogP contribution in [0.4, 0.5) is 10.9 Å². The van der Waals surface area contributed by atoms with Gasteiger partial charge in [0.15, 0.2) is 11.5 Å². The van der Waals surface area contributed by atoms with Gasteiger partial charge in [-0.25, -0.2) is 0 Å². The maximum atomic E-state index is 4.59. The van der Waals surface area contributed by atoms with Crippen LogP contribution in [0.15, 0.2) is 12.1 Å². The van der Waals surface area contributed by atoms with E-state index in [4.69, 9.17) is 0 Å². The molecule has 3 aromatic heterocycles. The van der Waals surface area contributed by atoms with Crippen LogP contribution in [0, 0.1) is 19.8 Å². The number of aryl methyl sites for hydroxylation is 2. The summed E-state index contributed by atoms with van der Waals surface area (Å²) in [6, 6.07) is 3.96. The minimum atomic E-state index is 0.601. The summed E-state index contributed by atoms with van der Waals surface area (Å²) in [4.78, 5) is 2.26. The quantitative estimate of drug-likeness (QED) is 0.772. The third kappa shape index (κ3) is 2.37. The highest BCUT2D eigenvalue weighted by atomic mass is 32.1. The highest BCUT2D eigenvalue weighted by molar-refractivity contribution is 7.15. The second-order valence-electron chi connectivity index (χ2n) is 5.49. The fourth-order valence-electron chi connectivity index (χ4n) is 2.54. The molecule has 1 saturated heterocycles. The van der Waals surface area contributed by atoms with Crippen molar-refractivity contribution in [2.45, 2.75) is 13.8 Å². The number of aromatic nitrogens is 6. The van der Waals surface area contributed by atoms with Crippen molar-refractivity contribution in [2.75, 3.05) is 29.9 Å². The molecule has 1 aliphatic heterocycles. The van der Waals surface area contributed by atoms with Crippen molar-refractivity contribution in [3.8, 4) is 0 Å². The number of fused-ring (bicyclic) bond motifs is 1. The van der Waals surface area contributed by atoms with Crippen LogP contribution in [0.1, 0.15) is 10.8 Å². The number of hydrogen-bond acceptors (Lipinski definition) is 8. The molecule has 8 nitrogen and oxygen atoms in total. The molecule has 114 valence electrons. The molecule has 0 saturated carbocycles. The van der Waals surface area contributed by atoms with Crippen LogP contribution in [0.5, 0.6) is 0 Å². The maximum absolute atomic E-state index is 4.59. The number of anilines is 2. The Labute approximate surface area is 131 Å². The van der Waals surface area contributed by atoms with Crippen molar-refractivity contribution < 1.29 is 0 Å². The molecule has 4 rings (SSSR count). The zero-order chi connectivity index (χ0) is 15.1. The second kappa shape index (κ2) is 5.16.